The first kappa shape index (κ1) is 15.9. The second-order valence-electron chi connectivity index (χ2n) is 4.15. The summed E-state index contributed by atoms with van der Waals surface area (Å²) in [6, 6.07) is 7.64. The number of nitrogens with one attached hydrogen (secondary N) is 1. The summed E-state index contributed by atoms with van der Waals surface area (Å²) < 4.78 is 4.79. The molecule has 0 atom stereocenters. The molecule has 0 bridgehead atoms. The van der Waals surface area contributed by atoms with Gasteiger partial charge in [0.05, 0.1) is 13.0 Å². The minimum Gasteiger partial charge on any atom is -0.481 e. The SMILES string of the molecule is CCOC(=O)C=Cc1ccc(CNCCC(=O)O)cc1. The van der Waals surface area contributed by atoms with Crippen molar-refractivity contribution in [3.05, 3.63) is 41.5 Å². The van der Waals surface area contributed by atoms with E-state index in [4.69, 9.17) is 9.84 Å². The largest absolute Gasteiger partial charge is 0.481 e. The Labute approximate surface area is 118 Å². The van der Waals surface area contributed by atoms with E-state index >= 15 is 0 Å². The molecule has 1 aromatic carbocycles. The van der Waals surface area contributed by atoms with Crippen molar-refractivity contribution in [2.75, 3.05) is 13.2 Å². The number of hydrogen-bond acceptors (Lipinski definition) is 4. The molecule has 5 heteroatoms. The minimum atomic E-state index is -0.808. The molecular weight excluding hydrogens is 258 g/mol. The average Bonchev–Trinajstić information content (AvgIpc) is 2.43. The van der Waals surface area contributed by atoms with Crippen LogP contribution in [0.15, 0.2) is 30.3 Å². The Kier molecular flexibility index (Phi) is 7.06. The number of carboxylic acids is 1. The number of carboxylic acid groups (broad SMARTS) is 1. The third-order valence-corrected chi connectivity index (χ3v) is 2.52. The first-order valence-corrected chi connectivity index (χ1v) is 6.48. The highest BCUT2D eigenvalue weighted by Gasteiger charge is 1.97. The maximum atomic E-state index is 11.1. The second-order valence-corrected chi connectivity index (χ2v) is 4.15. The summed E-state index contributed by atoms with van der Waals surface area (Å²) in [6.45, 7) is 3.19. The molecule has 0 heterocycles. The van der Waals surface area contributed by atoms with Crippen LogP contribution in [0.25, 0.3) is 6.08 Å². The van der Waals surface area contributed by atoms with Gasteiger partial charge in [0.2, 0.25) is 0 Å². The van der Waals surface area contributed by atoms with Gasteiger partial charge in [0.1, 0.15) is 0 Å². The number of benzene rings is 1. The van der Waals surface area contributed by atoms with Crippen LogP contribution in [-0.4, -0.2) is 30.2 Å². The van der Waals surface area contributed by atoms with Gasteiger partial charge in [-0.3, -0.25) is 4.79 Å². The normalized spacial score (nSPS) is 10.7. The van der Waals surface area contributed by atoms with Gasteiger partial charge in [-0.1, -0.05) is 24.3 Å². The van der Waals surface area contributed by atoms with Crippen LogP contribution in [0, 0.1) is 0 Å². The summed E-state index contributed by atoms with van der Waals surface area (Å²) in [7, 11) is 0. The molecule has 1 rings (SSSR count). The predicted molar refractivity (Wildman–Crippen MR) is 76.1 cm³/mol. The number of hydrogen-bond donors (Lipinski definition) is 2. The zero-order valence-electron chi connectivity index (χ0n) is 11.5. The van der Waals surface area contributed by atoms with Crippen molar-refractivity contribution in [3.63, 3.8) is 0 Å². The fourth-order valence-electron chi connectivity index (χ4n) is 1.53. The number of aliphatic carboxylic acids is 1. The van der Waals surface area contributed by atoms with E-state index in [0.29, 0.717) is 19.7 Å². The lowest BCUT2D eigenvalue weighted by Crippen LogP contribution is -2.17. The van der Waals surface area contributed by atoms with Crippen LogP contribution < -0.4 is 5.32 Å². The second kappa shape index (κ2) is 8.87. The van der Waals surface area contributed by atoms with Crippen molar-refractivity contribution < 1.29 is 19.4 Å². The predicted octanol–water partition coefficient (Wildman–Crippen LogP) is 1.83. The van der Waals surface area contributed by atoms with Gasteiger partial charge in [-0.05, 0) is 24.1 Å². The Morgan fingerprint density at radius 1 is 1.30 bits per heavy atom. The van der Waals surface area contributed by atoms with Crippen LogP contribution in [0.2, 0.25) is 0 Å². The molecule has 2 N–H and O–H groups in total. The Morgan fingerprint density at radius 2 is 2.00 bits per heavy atom. The minimum absolute atomic E-state index is 0.111. The van der Waals surface area contributed by atoms with E-state index in [0.717, 1.165) is 11.1 Å². The van der Waals surface area contributed by atoms with Crippen molar-refractivity contribution in [1.82, 2.24) is 5.32 Å². The maximum Gasteiger partial charge on any atom is 0.330 e. The Bertz CT molecular complexity index is 465. The number of ether oxygens (including phenoxy) is 1. The molecule has 0 unspecified atom stereocenters. The highest BCUT2D eigenvalue weighted by Crippen LogP contribution is 2.06. The fraction of sp³-hybridized carbons (Fsp3) is 0.333. The molecule has 0 aliphatic rings. The maximum absolute atomic E-state index is 11.1. The van der Waals surface area contributed by atoms with E-state index in [2.05, 4.69) is 5.32 Å². The zero-order valence-corrected chi connectivity index (χ0v) is 11.5. The van der Waals surface area contributed by atoms with Gasteiger partial charge in [0.15, 0.2) is 0 Å². The molecule has 1 aromatic rings. The molecule has 0 radical (unpaired) electrons. The number of rotatable bonds is 8. The topological polar surface area (TPSA) is 75.6 Å². The van der Waals surface area contributed by atoms with E-state index in [1.807, 2.05) is 24.3 Å². The Morgan fingerprint density at radius 3 is 2.60 bits per heavy atom. The summed E-state index contributed by atoms with van der Waals surface area (Å²) in [5.74, 6) is -1.16. The summed E-state index contributed by atoms with van der Waals surface area (Å²) in [6.07, 6.45) is 3.20. The smallest absolute Gasteiger partial charge is 0.330 e. The van der Waals surface area contributed by atoms with Crippen molar-refractivity contribution in [2.45, 2.75) is 19.9 Å². The summed E-state index contributed by atoms with van der Waals surface area (Å²) in [5.41, 5.74) is 1.97. The molecule has 0 aliphatic heterocycles. The molecule has 20 heavy (non-hydrogen) atoms. The first-order valence-electron chi connectivity index (χ1n) is 6.48. The highest BCUT2D eigenvalue weighted by molar-refractivity contribution is 5.87. The molecule has 0 saturated carbocycles. The van der Waals surface area contributed by atoms with Crippen LogP contribution >= 0.6 is 0 Å². The molecular formula is C15H19NO4. The van der Waals surface area contributed by atoms with Crippen molar-refractivity contribution in [3.8, 4) is 0 Å². The van der Waals surface area contributed by atoms with E-state index in [9.17, 15) is 9.59 Å². The fourth-order valence-corrected chi connectivity index (χ4v) is 1.53. The van der Waals surface area contributed by atoms with Crippen LogP contribution in [0.1, 0.15) is 24.5 Å². The van der Waals surface area contributed by atoms with E-state index in [1.165, 1.54) is 6.08 Å². The molecule has 0 amide bonds. The lowest BCUT2D eigenvalue weighted by Gasteiger charge is -2.03. The first-order chi connectivity index (χ1) is 9.61. The lowest BCUT2D eigenvalue weighted by molar-refractivity contribution is -0.138. The van der Waals surface area contributed by atoms with Crippen LogP contribution in [-0.2, 0) is 20.9 Å². The molecule has 0 fully saturated rings. The summed E-state index contributed by atoms with van der Waals surface area (Å²) in [4.78, 5) is 21.5. The Hall–Kier alpha value is -2.14. The van der Waals surface area contributed by atoms with Crippen LogP contribution in [0.5, 0.6) is 0 Å². The highest BCUT2D eigenvalue weighted by atomic mass is 16.5. The van der Waals surface area contributed by atoms with Crippen LogP contribution in [0.4, 0.5) is 0 Å². The van der Waals surface area contributed by atoms with Gasteiger partial charge in [0.25, 0.3) is 0 Å². The summed E-state index contributed by atoms with van der Waals surface area (Å²) in [5, 5.41) is 11.6. The number of esters is 1. The molecule has 108 valence electrons. The van der Waals surface area contributed by atoms with Gasteiger partial charge >= 0.3 is 11.9 Å². The standard InChI is InChI=1S/C15H19NO4/c1-2-20-15(19)8-7-12-3-5-13(6-4-12)11-16-10-9-14(17)18/h3-8,16H,2,9-11H2,1H3,(H,17,18). The molecule has 0 aliphatic carbocycles. The van der Waals surface area contributed by atoms with Crippen molar-refractivity contribution >= 4 is 18.0 Å². The number of carbonyl (C=O) groups excluding carboxylic acids is 1. The van der Waals surface area contributed by atoms with E-state index in [1.54, 1.807) is 13.0 Å². The molecule has 0 saturated heterocycles. The van der Waals surface area contributed by atoms with E-state index in [-0.39, 0.29) is 12.4 Å². The number of carbonyl (C=O) groups is 2. The van der Waals surface area contributed by atoms with Crippen LogP contribution in [0.3, 0.4) is 0 Å². The third kappa shape index (κ3) is 6.70. The Balaban J connectivity index is 2.40. The lowest BCUT2D eigenvalue weighted by atomic mass is 10.1. The monoisotopic (exact) mass is 277 g/mol. The summed E-state index contributed by atoms with van der Waals surface area (Å²) >= 11 is 0. The molecule has 0 aromatic heterocycles. The van der Waals surface area contributed by atoms with Gasteiger partial charge < -0.3 is 15.2 Å². The van der Waals surface area contributed by atoms with Gasteiger partial charge in [-0.25, -0.2) is 4.79 Å². The van der Waals surface area contributed by atoms with Gasteiger partial charge in [-0.15, -0.1) is 0 Å². The zero-order chi connectivity index (χ0) is 14.8. The van der Waals surface area contributed by atoms with Crippen molar-refractivity contribution in [1.29, 1.82) is 0 Å². The average molecular weight is 277 g/mol. The third-order valence-electron chi connectivity index (χ3n) is 2.52. The van der Waals surface area contributed by atoms with Gasteiger partial charge in [-0.2, -0.15) is 0 Å². The quantitative estimate of drug-likeness (QED) is 0.431. The molecule has 5 nitrogen and oxygen atoms in total. The van der Waals surface area contributed by atoms with E-state index < -0.39 is 5.97 Å². The molecule has 0 spiro atoms. The van der Waals surface area contributed by atoms with Crippen molar-refractivity contribution in [2.24, 2.45) is 0 Å². The van der Waals surface area contributed by atoms with Gasteiger partial charge in [0, 0.05) is 19.2 Å².